The average molecular weight is 305 g/mol. The molecule has 22 heavy (non-hydrogen) atoms. The number of amides is 1. The molecule has 1 aliphatic rings. The Morgan fingerprint density at radius 1 is 1.41 bits per heavy atom. The minimum atomic E-state index is -0.481. The van der Waals surface area contributed by atoms with Crippen molar-refractivity contribution in [3.8, 4) is 5.75 Å². The molecule has 1 aromatic carbocycles. The van der Waals surface area contributed by atoms with Crippen molar-refractivity contribution in [1.82, 2.24) is 5.06 Å². The second-order valence-electron chi connectivity index (χ2n) is 5.45. The van der Waals surface area contributed by atoms with Gasteiger partial charge in [-0.05, 0) is 13.0 Å². The third kappa shape index (κ3) is 2.95. The maximum Gasteiger partial charge on any atom is 0.306 e. The second kappa shape index (κ2) is 6.17. The molecule has 6 nitrogen and oxygen atoms in total. The first-order chi connectivity index (χ1) is 10.3. The van der Waals surface area contributed by atoms with Crippen LogP contribution in [-0.4, -0.2) is 36.9 Å². The van der Waals surface area contributed by atoms with Crippen molar-refractivity contribution >= 4 is 17.7 Å². The maximum absolute atomic E-state index is 12.4. The molecule has 0 saturated heterocycles. The molecule has 118 valence electrons. The Morgan fingerprint density at radius 3 is 2.73 bits per heavy atom. The molecule has 0 N–H and O–H groups in total. The predicted octanol–water partition coefficient (Wildman–Crippen LogP) is 1.94. The summed E-state index contributed by atoms with van der Waals surface area (Å²) in [6.07, 6.45) is 0.0298. The van der Waals surface area contributed by atoms with Gasteiger partial charge in [-0.25, -0.2) is 0 Å². The van der Waals surface area contributed by atoms with Gasteiger partial charge in [0.15, 0.2) is 11.5 Å². The summed E-state index contributed by atoms with van der Waals surface area (Å²) in [5.74, 6) is -1.02. The Balaban J connectivity index is 2.24. The molecular formula is C16H19NO5. The van der Waals surface area contributed by atoms with E-state index in [4.69, 9.17) is 4.84 Å². The lowest BCUT2D eigenvalue weighted by molar-refractivity contribution is -0.157. The van der Waals surface area contributed by atoms with Gasteiger partial charge >= 0.3 is 5.97 Å². The lowest BCUT2D eigenvalue weighted by Crippen LogP contribution is -2.37. The number of carbonyl (C=O) groups is 3. The maximum atomic E-state index is 12.4. The van der Waals surface area contributed by atoms with Gasteiger partial charge in [-0.3, -0.25) is 14.4 Å². The van der Waals surface area contributed by atoms with Crippen LogP contribution in [0.5, 0.6) is 5.75 Å². The van der Waals surface area contributed by atoms with Crippen LogP contribution in [0.25, 0.3) is 0 Å². The summed E-state index contributed by atoms with van der Waals surface area (Å²) in [5, 5.41) is 1.17. The van der Waals surface area contributed by atoms with Gasteiger partial charge in [-0.2, -0.15) is 5.06 Å². The fourth-order valence-corrected chi connectivity index (χ4v) is 2.43. The molecule has 1 aliphatic heterocycles. The first-order valence-corrected chi connectivity index (χ1v) is 7.05. The number of rotatable bonds is 4. The van der Waals surface area contributed by atoms with Crippen LogP contribution in [0.2, 0.25) is 0 Å². The van der Waals surface area contributed by atoms with E-state index in [1.165, 1.54) is 19.2 Å². The third-order valence-corrected chi connectivity index (χ3v) is 3.83. The standard InChI is InChI=1S/C16H19NO5/c1-9(7-14(18)21-4)15(19)11-5-6-12-10(2)16(20)17(3)22-13(12)8-11/h5-6,8-10H,7H2,1-4H3. The van der Waals surface area contributed by atoms with Crippen molar-refractivity contribution in [3.63, 3.8) is 0 Å². The molecule has 1 amide bonds. The van der Waals surface area contributed by atoms with Crippen LogP contribution in [0.15, 0.2) is 18.2 Å². The smallest absolute Gasteiger partial charge is 0.306 e. The number of likely N-dealkylation sites (N-methyl/N-ethyl adjacent to an activating group) is 1. The molecule has 0 aromatic heterocycles. The van der Waals surface area contributed by atoms with E-state index in [1.54, 1.807) is 32.0 Å². The molecule has 0 spiro atoms. The van der Waals surface area contributed by atoms with Crippen LogP contribution < -0.4 is 4.84 Å². The van der Waals surface area contributed by atoms with Gasteiger partial charge in [0.2, 0.25) is 0 Å². The van der Waals surface area contributed by atoms with E-state index in [1.807, 2.05) is 0 Å². The van der Waals surface area contributed by atoms with Crippen molar-refractivity contribution in [2.45, 2.75) is 26.2 Å². The number of hydroxylamine groups is 2. The van der Waals surface area contributed by atoms with E-state index in [9.17, 15) is 14.4 Å². The molecule has 6 heteroatoms. The highest BCUT2D eigenvalue weighted by molar-refractivity contribution is 6.00. The minimum Gasteiger partial charge on any atom is -0.469 e. The number of hydrogen-bond donors (Lipinski definition) is 0. The predicted molar refractivity (Wildman–Crippen MR) is 78.4 cm³/mol. The van der Waals surface area contributed by atoms with E-state index in [0.717, 1.165) is 5.56 Å². The fourth-order valence-electron chi connectivity index (χ4n) is 2.43. The lowest BCUT2D eigenvalue weighted by Gasteiger charge is -2.29. The normalized spacial score (nSPS) is 18.3. The average Bonchev–Trinajstić information content (AvgIpc) is 2.51. The second-order valence-corrected chi connectivity index (χ2v) is 5.45. The van der Waals surface area contributed by atoms with Crippen LogP contribution in [0, 0.1) is 5.92 Å². The molecule has 0 fully saturated rings. The first-order valence-electron chi connectivity index (χ1n) is 7.05. The quantitative estimate of drug-likeness (QED) is 0.628. The number of carbonyl (C=O) groups excluding carboxylic acids is 3. The van der Waals surface area contributed by atoms with E-state index in [0.29, 0.717) is 11.3 Å². The third-order valence-electron chi connectivity index (χ3n) is 3.83. The van der Waals surface area contributed by atoms with Crippen LogP contribution in [0.3, 0.4) is 0 Å². The number of benzene rings is 1. The molecule has 2 rings (SSSR count). The fraction of sp³-hybridized carbons (Fsp3) is 0.438. The number of methoxy groups -OCH3 is 1. The van der Waals surface area contributed by atoms with Gasteiger partial charge in [0.1, 0.15) is 0 Å². The Bertz CT molecular complexity index is 625. The molecule has 1 aromatic rings. The Kier molecular flexibility index (Phi) is 4.49. The zero-order valence-corrected chi connectivity index (χ0v) is 13.1. The molecule has 0 aliphatic carbocycles. The van der Waals surface area contributed by atoms with Gasteiger partial charge < -0.3 is 9.57 Å². The van der Waals surface area contributed by atoms with Gasteiger partial charge in [0.25, 0.3) is 5.91 Å². The number of ketones is 1. The zero-order valence-electron chi connectivity index (χ0n) is 13.1. The van der Waals surface area contributed by atoms with Gasteiger partial charge in [0.05, 0.1) is 19.4 Å². The summed E-state index contributed by atoms with van der Waals surface area (Å²) in [4.78, 5) is 40.9. The molecule has 2 atom stereocenters. The summed E-state index contributed by atoms with van der Waals surface area (Å²) < 4.78 is 4.58. The van der Waals surface area contributed by atoms with Gasteiger partial charge in [-0.15, -0.1) is 0 Å². The number of ether oxygens (including phenoxy) is 1. The largest absolute Gasteiger partial charge is 0.469 e. The highest BCUT2D eigenvalue weighted by atomic mass is 16.7. The Labute approximate surface area is 129 Å². The summed E-state index contributed by atoms with van der Waals surface area (Å²) in [6, 6.07) is 5.00. The number of Topliss-reactive ketones (excluding diaryl/α,β-unsaturated/α-hetero) is 1. The Morgan fingerprint density at radius 2 is 2.09 bits per heavy atom. The number of esters is 1. The summed E-state index contributed by atoms with van der Waals surface area (Å²) in [6.45, 7) is 3.47. The monoisotopic (exact) mass is 305 g/mol. The molecule has 1 heterocycles. The zero-order chi connectivity index (χ0) is 16.4. The topological polar surface area (TPSA) is 72.9 Å². The van der Waals surface area contributed by atoms with E-state index in [-0.39, 0.29) is 24.0 Å². The van der Waals surface area contributed by atoms with Crippen LogP contribution in [0.4, 0.5) is 0 Å². The molecule has 0 saturated carbocycles. The number of nitrogens with zero attached hydrogens (tertiary/aromatic N) is 1. The van der Waals surface area contributed by atoms with Crippen molar-refractivity contribution in [1.29, 1.82) is 0 Å². The van der Waals surface area contributed by atoms with Crippen LogP contribution in [-0.2, 0) is 14.3 Å². The van der Waals surface area contributed by atoms with E-state index >= 15 is 0 Å². The van der Waals surface area contributed by atoms with Crippen molar-refractivity contribution < 1.29 is 24.0 Å². The van der Waals surface area contributed by atoms with Gasteiger partial charge in [0, 0.05) is 24.1 Å². The molecule has 2 unspecified atom stereocenters. The molecular weight excluding hydrogens is 286 g/mol. The van der Waals surface area contributed by atoms with E-state index in [2.05, 4.69) is 4.74 Å². The molecule has 0 radical (unpaired) electrons. The summed E-state index contributed by atoms with van der Waals surface area (Å²) in [5.41, 5.74) is 1.20. The van der Waals surface area contributed by atoms with Crippen LogP contribution >= 0.6 is 0 Å². The van der Waals surface area contributed by atoms with Crippen molar-refractivity contribution in [2.24, 2.45) is 5.92 Å². The number of hydrogen-bond acceptors (Lipinski definition) is 5. The highest BCUT2D eigenvalue weighted by Gasteiger charge is 2.30. The SMILES string of the molecule is COC(=O)CC(C)C(=O)c1ccc2c(c1)ON(C)C(=O)C2C. The van der Waals surface area contributed by atoms with E-state index < -0.39 is 11.9 Å². The van der Waals surface area contributed by atoms with Gasteiger partial charge in [-0.1, -0.05) is 19.1 Å². The van der Waals surface area contributed by atoms with Crippen molar-refractivity contribution in [2.75, 3.05) is 14.2 Å². The van der Waals surface area contributed by atoms with Crippen LogP contribution in [0.1, 0.15) is 42.1 Å². The first kappa shape index (κ1) is 16.0. The number of fused-ring (bicyclic) bond motifs is 1. The van der Waals surface area contributed by atoms with Crippen molar-refractivity contribution in [3.05, 3.63) is 29.3 Å². The lowest BCUT2D eigenvalue weighted by atomic mass is 9.92. The summed E-state index contributed by atoms with van der Waals surface area (Å²) in [7, 11) is 2.83. The molecule has 0 bridgehead atoms. The Hall–Kier alpha value is -2.37. The summed E-state index contributed by atoms with van der Waals surface area (Å²) >= 11 is 0. The highest BCUT2D eigenvalue weighted by Crippen LogP contribution is 2.34. The minimum absolute atomic E-state index is 0.0298.